The SMILES string of the molecule is COc1cc(F)cc(C2(N3CCN(Cc4ccccc4C)CC3)C(=O)c3ccccc3C2=O)c1. The Balaban J connectivity index is 1.51. The number of methoxy groups -OCH3 is 1. The number of nitrogens with zero attached hydrogens (tertiary/aromatic N) is 2. The number of fused-ring (bicyclic) bond motifs is 1. The number of carbonyl (C=O) groups excluding carboxylic acids is 2. The molecule has 1 saturated heterocycles. The minimum atomic E-state index is -1.59. The Kier molecular flexibility index (Phi) is 5.80. The van der Waals surface area contributed by atoms with Crippen LogP contribution in [0.25, 0.3) is 0 Å². The summed E-state index contributed by atoms with van der Waals surface area (Å²) in [5.74, 6) is -0.853. The maximum Gasteiger partial charge on any atom is 0.196 e. The van der Waals surface area contributed by atoms with Gasteiger partial charge < -0.3 is 4.74 Å². The van der Waals surface area contributed by atoms with Gasteiger partial charge in [-0.25, -0.2) is 4.39 Å². The number of aryl methyl sites for hydroxylation is 1. The molecule has 0 unspecified atom stereocenters. The first-order valence-electron chi connectivity index (χ1n) is 11.5. The Morgan fingerprint density at radius 2 is 1.50 bits per heavy atom. The van der Waals surface area contributed by atoms with Crippen molar-refractivity contribution in [2.45, 2.75) is 19.0 Å². The van der Waals surface area contributed by atoms with Crippen molar-refractivity contribution in [2.75, 3.05) is 33.3 Å². The van der Waals surface area contributed by atoms with Crippen molar-refractivity contribution in [3.8, 4) is 5.75 Å². The molecule has 5 rings (SSSR count). The summed E-state index contributed by atoms with van der Waals surface area (Å²) in [6.07, 6.45) is 0. The fraction of sp³-hybridized carbons (Fsp3) is 0.286. The lowest BCUT2D eigenvalue weighted by Gasteiger charge is -2.44. The lowest BCUT2D eigenvalue weighted by atomic mass is 9.82. The molecule has 6 heteroatoms. The highest BCUT2D eigenvalue weighted by Gasteiger charge is 2.58. The first kappa shape index (κ1) is 22.4. The summed E-state index contributed by atoms with van der Waals surface area (Å²) in [5, 5.41) is 0. The van der Waals surface area contributed by atoms with Crippen LogP contribution in [-0.4, -0.2) is 54.7 Å². The Labute approximate surface area is 198 Å². The number of carbonyl (C=O) groups is 2. The minimum Gasteiger partial charge on any atom is -0.497 e. The van der Waals surface area contributed by atoms with Crippen molar-refractivity contribution in [1.82, 2.24) is 9.80 Å². The molecule has 0 saturated carbocycles. The summed E-state index contributed by atoms with van der Waals surface area (Å²) in [5.41, 5.74) is 2.01. The van der Waals surface area contributed by atoms with E-state index in [0.717, 1.165) is 6.54 Å². The summed E-state index contributed by atoms with van der Waals surface area (Å²) >= 11 is 0. The standard InChI is InChI=1S/C28H27FN2O3/c1-19-7-3-4-8-20(19)18-30-11-13-31(14-12-30)28(21-15-22(29)17-23(16-21)34-2)26(32)24-9-5-6-10-25(24)27(28)33/h3-10,15-17H,11-14,18H2,1-2H3. The third-order valence-electron chi connectivity index (χ3n) is 7.10. The van der Waals surface area contributed by atoms with E-state index in [-0.39, 0.29) is 17.3 Å². The number of halogens is 1. The number of rotatable bonds is 5. The molecular formula is C28H27FN2O3. The van der Waals surface area contributed by atoms with Crippen LogP contribution < -0.4 is 4.74 Å². The molecule has 3 aromatic carbocycles. The summed E-state index contributed by atoms with van der Waals surface area (Å²) in [6, 6.07) is 19.3. The van der Waals surface area contributed by atoms with E-state index in [2.05, 4.69) is 24.0 Å². The molecule has 0 atom stereocenters. The average molecular weight is 459 g/mol. The molecule has 0 bridgehead atoms. The van der Waals surface area contributed by atoms with Crippen molar-refractivity contribution in [1.29, 1.82) is 0 Å². The number of benzene rings is 3. The molecule has 0 aromatic heterocycles. The van der Waals surface area contributed by atoms with Crippen molar-refractivity contribution in [3.05, 3.63) is 100 Å². The summed E-state index contributed by atoms with van der Waals surface area (Å²) in [4.78, 5) is 32.1. The van der Waals surface area contributed by atoms with E-state index in [0.29, 0.717) is 42.9 Å². The molecule has 34 heavy (non-hydrogen) atoms. The first-order valence-corrected chi connectivity index (χ1v) is 11.5. The number of ketones is 2. The lowest BCUT2D eigenvalue weighted by Crippen LogP contribution is -2.60. The van der Waals surface area contributed by atoms with E-state index in [1.54, 1.807) is 30.3 Å². The van der Waals surface area contributed by atoms with E-state index in [9.17, 15) is 14.0 Å². The highest BCUT2D eigenvalue weighted by molar-refractivity contribution is 6.32. The predicted octanol–water partition coefficient (Wildman–Crippen LogP) is 4.24. The molecule has 1 heterocycles. The highest BCUT2D eigenvalue weighted by atomic mass is 19.1. The number of piperazine rings is 1. The average Bonchev–Trinajstić information content (AvgIpc) is 3.08. The summed E-state index contributed by atoms with van der Waals surface area (Å²) in [7, 11) is 1.45. The fourth-order valence-electron chi connectivity index (χ4n) is 5.26. The van der Waals surface area contributed by atoms with Gasteiger partial charge >= 0.3 is 0 Å². The van der Waals surface area contributed by atoms with Crippen LogP contribution in [-0.2, 0) is 12.1 Å². The Hall–Kier alpha value is -3.35. The molecule has 0 N–H and O–H groups in total. The number of hydrogen-bond acceptors (Lipinski definition) is 5. The first-order chi connectivity index (χ1) is 16.4. The monoisotopic (exact) mass is 458 g/mol. The van der Waals surface area contributed by atoms with E-state index in [1.165, 1.54) is 30.4 Å². The van der Waals surface area contributed by atoms with Gasteiger partial charge in [0.25, 0.3) is 0 Å². The van der Waals surface area contributed by atoms with Crippen molar-refractivity contribution in [2.24, 2.45) is 0 Å². The Bertz CT molecular complexity index is 1230. The van der Waals surface area contributed by atoms with Gasteiger partial charge in [-0.2, -0.15) is 0 Å². The van der Waals surface area contributed by atoms with Crippen LogP contribution in [0, 0.1) is 12.7 Å². The molecule has 1 fully saturated rings. The molecule has 5 nitrogen and oxygen atoms in total. The topological polar surface area (TPSA) is 49.9 Å². The van der Waals surface area contributed by atoms with Gasteiger partial charge in [0.05, 0.1) is 7.11 Å². The zero-order valence-corrected chi connectivity index (χ0v) is 19.4. The van der Waals surface area contributed by atoms with Gasteiger partial charge in [-0.05, 0) is 35.7 Å². The molecule has 1 aliphatic heterocycles. The normalized spacial score (nSPS) is 18.2. The molecule has 0 radical (unpaired) electrons. The quantitative estimate of drug-likeness (QED) is 0.536. The van der Waals surface area contributed by atoms with Crippen LogP contribution in [0.3, 0.4) is 0 Å². The van der Waals surface area contributed by atoms with E-state index >= 15 is 0 Å². The van der Waals surface area contributed by atoms with Crippen LogP contribution in [0.4, 0.5) is 4.39 Å². The molecule has 3 aromatic rings. The van der Waals surface area contributed by atoms with Crippen molar-refractivity contribution < 1.29 is 18.7 Å². The van der Waals surface area contributed by atoms with E-state index < -0.39 is 11.4 Å². The molecule has 0 spiro atoms. The van der Waals surface area contributed by atoms with Crippen LogP contribution in [0.2, 0.25) is 0 Å². The van der Waals surface area contributed by atoms with Crippen molar-refractivity contribution >= 4 is 11.6 Å². The van der Waals surface area contributed by atoms with Gasteiger partial charge in [-0.1, -0.05) is 48.5 Å². The largest absolute Gasteiger partial charge is 0.497 e. The highest BCUT2D eigenvalue weighted by Crippen LogP contribution is 2.44. The third kappa shape index (κ3) is 3.54. The number of hydrogen-bond donors (Lipinski definition) is 0. The summed E-state index contributed by atoms with van der Waals surface area (Å²) < 4.78 is 19.9. The Morgan fingerprint density at radius 3 is 2.12 bits per heavy atom. The predicted molar refractivity (Wildman–Crippen MR) is 128 cm³/mol. The van der Waals surface area contributed by atoms with Gasteiger partial charge in [0.2, 0.25) is 0 Å². The zero-order valence-electron chi connectivity index (χ0n) is 19.4. The van der Waals surface area contributed by atoms with E-state index in [1.807, 2.05) is 17.0 Å². The molecule has 0 amide bonds. The number of Topliss-reactive ketones (excluding diaryl/α,β-unsaturated/α-hetero) is 2. The van der Waals surface area contributed by atoms with Gasteiger partial charge in [0.15, 0.2) is 17.1 Å². The lowest BCUT2D eigenvalue weighted by molar-refractivity contribution is 0.0278. The van der Waals surface area contributed by atoms with Gasteiger partial charge in [-0.3, -0.25) is 19.4 Å². The summed E-state index contributed by atoms with van der Waals surface area (Å²) in [6.45, 7) is 5.32. The smallest absolute Gasteiger partial charge is 0.196 e. The van der Waals surface area contributed by atoms with Crippen LogP contribution in [0.1, 0.15) is 37.4 Å². The maximum absolute atomic E-state index is 14.6. The fourth-order valence-corrected chi connectivity index (χ4v) is 5.26. The van der Waals surface area contributed by atoms with Crippen molar-refractivity contribution in [3.63, 3.8) is 0 Å². The second-order valence-electron chi connectivity index (χ2n) is 8.98. The van der Waals surface area contributed by atoms with Crippen LogP contribution >= 0.6 is 0 Å². The van der Waals surface area contributed by atoms with Gasteiger partial charge in [0, 0.05) is 49.9 Å². The Morgan fingerprint density at radius 1 is 0.882 bits per heavy atom. The third-order valence-corrected chi connectivity index (χ3v) is 7.10. The van der Waals surface area contributed by atoms with Crippen LogP contribution in [0.5, 0.6) is 5.75 Å². The molecule has 174 valence electrons. The minimum absolute atomic E-state index is 0.282. The zero-order chi connectivity index (χ0) is 23.9. The second-order valence-corrected chi connectivity index (χ2v) is 8.98. The van der Waals surface area contributed by atoms with E-state index in [4.69, 9.17) is 4.74 Å². The van der Waals surface area contributed by atoms with Gasteiger partial charge in [0.1, 0.15) is 11.6 Å². The number of ether oxygens (including phenoxy) is 1. The second kappa shape index (κ2) is 8.78. The molecule has 2 aliphatic rings. The maximum atomic E-state index is 14.6. The van der Waals surface area contributed by atoms with Crippen LogP contribution in [0.15, 0.2) is 66.7 Å². The van der Waals surface area contributed by atoms with Gasteiger partial charge in [-0.15, -0.1) is 0 Å². The molecule has 1 aliphatic carbocycles. The molecular weight excluding hydrogens is 431 g/mol.